The summed E-state index contributed by atoms with van der Waals surface area (Å²) in [5.41, 5.74) is 1.64. The van der Waals surface area contributed by atoms with E-state index in [-0.39, 0.29) is 57.4 Å². The van der Waals surface area contributed by atoms with Gasteiger partial charge in [0.15, 0.2) is 5.78 Å². The zero-order chi connectivity index (χ0) is 20.2. The smallest absolute Gasteiger partial charge is 0.310 e. The Labute approximate surface area is 160 Å². The van der Waals surface area contributed by atoms with Gasteiger partial charge in [-0.1, -0.05) is 36.8 Å². The number of hydrogen-bond acceptors (Lipinski definition) is 6. The standard InChI is InChI=1S/C20H29NO6/c1-15-4-6-17(7-5-15)18(23)8-9-19(24)21(10-12-27-13-11-22)14-16(2)20(25)26-3/h4-7,16,22H,8-14H2,1-3H3. The van der Waals surface area contributed by atoms with Gasteiger partial charge in [-0.15, -0.1) is 0 Å². The molecule has 150 valence electrons. The van der Waals surface area contributed by atoms with Crippen LogP contribution in [0.25, 0.3) is 0 Å². The van der Waals surface area contributed by atoms with Crippen LogP contribution in [0, 0.1) is 12.8 Å². The van der Waals surface area contributed by atoms with Crippen LogP contribution in [0.4, 0.5) is 0 Å². The highest BCUT2D eigenvalue weighted by molar-refractivity contribution is 5.98. The molecule has 0 radical (unpaired) electrons. The first-order valence-corrected chi connectivity index (χ1v) is 9.03. The molecule has 0 fully saturated rings. The van der Waals surface area contributed by atoms with Gasteiger partial charge in [0.25, 0.3) is 0 Å². The predicted molar refractivity (Wildman–Crippen MR) is 100 cm³/mol. The Morgan fingerprint density at radius 1 is 1.11 bits per heavy atom. The van der Waals surface area contributed by atoms with Crippen LogP contribution >= 0.6 is 0 Å². The number of nitrogens with zero attached hydrogens (tertiary/aromatic N) is 1. The Bertz CT molecular complexity index is 613. The van der Waals surface area contributed by atoms with Crippen LogP contribution in [0.15, 0.2) is 24.3 Å². The summed E-state index contributed by atoms with van der Waals surface area (Å²) in [4.78, 5) is 38.0. The highest BCUT2D eigenvalue weighted by Gasteiger charge is 2.22. The highest BCUT2D eigenvalue weighted by Crippen LogP contribution is 2.10. The first-order chi connectivity index (χ1) is 12.9. The molecule has 7 nitrogen and oxygen atoms in total. The second-order valence-electron chi connectivity index (χ2n) is 6.39. The van der Waals surface area contributed by atoms with Crippen molar-refractivity contribution in [2.24, 2.45) is 5.92 Å². The van der Waals surface area contributed by atoms with Gasteiger partial charge in [-0.05, 0) is 6.92 Å². The number of hydrogen-bond donors (Lipinski definition) is 1. The van der Waals surface area contributed by atoms with E-state index >= 15 is 0 Å². The summed E-state index contributed by atoms with van der Waals surface area (Å²) in [6.07, 6.45) is 0.156. The minimum atomic E-state index is -0.482. The molecule has 1 N–H and O–H groups in total. The number of carbonyl (C=O) groups excluding carboxylic acids is 3. The molecule has 1 unspecified atom stereocenters. The van der Waals surface area contributed by atoms with Crippen molar-refractivity contribution in [2.75, 3.05) is 40.0 Å². The van der Waals surface area contributed by atoms with E-state index < -0.39 is 11.9 Å². The molecule has 1 amide bonds. The van der Waals surface area contributed by atoms with E-state index in [1.807, 2.05) is 19.1 Å². The summed E-state index contributed by atoms with van der Waals surface area (Å²) in [7, 11) is 1.30. The molecule has 0 heterocycles. The maximum absolute atomic E-state index is 12.6. The van der Waals surface area contributed by atoms with Gasteiger partial charge < -0.3 is 19.5 Å². The van der Waals surface area contributed by atoms with Crippen molar-refractivity contribution >= 4 is 17.7 Å². The number of rotatable bonds is 12. The van der Waals surface area contributed by atoms with E-state index in [9.17, 15) is 14.4 Å². The minimum Gasteiger partial charge on any atom is -0.469 e. The first-order valence-electron chi connectivity index (χ1n) is 9.03. The van der Waals surface area contributed by atoms with E-state index in [0.717, 1.165) is 5.56 Å². The van der Waals surface area contributed by atoms with Crippen LogP contribution in [0.2, 0.25) is 0 Å². The van der Waals surface area contributed by atoms with Crippen molar-refractivity contribution in [3.63, 3.8) is 0 Å². The number of ketones is 1. The van der Waals surface area contributed by atoms with Crippen LogP contribution in [-0.2, 0) is 19.1 Å². The number of Topliss-reactive ketones (excluding diaryl/α,β-unsaturated/α-hetero) is 1. The lowest BCUT2D eigenvalue weighted by Crippen LogP contribution is -2.39. The third kappa shape index (κ3) is 8.32. The van der Waals surface area contributed by atoms with E-state index in [0.29, 0.717) is 5.56 Å². The number of aliphatic hydroxyl groups excluding tert-OH is 1. The van der Waals surface area contributed by atoms with Crippen LogP contribution in [0.3, 0.4) is 0 Å². The number of amides is 1. The van der Waals surface area contributed by atoms with E-state index in [1.54, 1.807) is 19.1 Å². The van der Waals surface area contributed by atoms with Gasteiger partial charge >= 0.3 is 5.97 Å². The fourth-order valence-electron chi connectivity index (χ4n) is 2.53. The molecule has 0 saturated carbocycles. The molecular weight excluding hydrogens is 350 g/mol. The first kappa shape index (κ1) is 22.8. The molecule has 27 heavy (non-hydrogen) atoms. The molecule has 1 rings (SSSR count). The molecule has 1 atom stereocenters. The van der Waals surface area contributed by atoms with Crippen LogP contribution in [-0.4, -0.2) is 67.7 Å². The summed E-state index contributed by atoms with van der Waals surface area (Å²) < 4.78 is 9.92. The van der Waals surface area contributed by atoms with Crippen LogP contribution in [0.1, 0.15) is 35.7 Å². The van der Waals surface area contributed by atoms with E-state index in [4.69, 9.17) is 14.6 Å². The molecule has 0 saturated heterocycles. The topological polar surface area (TPSA) is 93.1 Å². The van der Waals surface area contributed by atoms with Gasteiger partial charge in [0, 0.05) is 31.5 Å². The molecule has 0 aromatic heterocycles. The van der Waals surface area contributed by atoms with Crippen molar-refractivity contribution in [2.45, 2.75) is 26.7 Å². The summed E-state index contributed by atoms with van der Waals surface area (Å²) in [5, 5.41) is 8.76. The number of aliphatic hydroxyl groups is 1. The lowest BCUT2D eigenvalue weighted by Gasteiger charge is -2.25. The third-order valence-electron chi connectivity index (χ3n) is 4.13. The molecule has 0 aliphatic carbocycles. The van der Waals surface area contributed by atoms with E-state index in [2.05, 4.69) is 0 Å². The third-order valence-corrected chi connectivity index (χ3v) is 4.13. The van der Waals surface area contributed by atoms with Crippen LogP contribution in [0.5, 0.6) is 0 Å². The molecule has 7 heteroatoms. The maximum atomic E-state index is 12.6. The fraction of sp³-hybridized carbons (Fsp3) is 0.550. The predicted octanol–water partition coefficient (Wildman–Crippen LogP) is 1.60. The van der Waals surface area contributed by atoms with Crippen LogP contribution < -0.4 is 0 Å². The number of carbonyl (C=O) groups is 3. The quantitative estimate of drug-likeness (QED) is 0.337. The van der Waals surface area contributed by atoms with Crippen molar-refractivity contribution in [3.05, 3.63) is 35.4 Å². The Hall–Kier alpha value is -2.25. The molecule has 0 aliphatic heterocycles. The molecule has 0 bridgehead atoms. The maximum Gasteiger partial charge on any atom is 0.310 e. The highest BCUT2D eigenvalue weighted by atomic mass is 16.5. The Balaban J connectivity index is 2.63. The molecule has 1 aromatic rings. The molecule has 1 aromatic carbocycles. The van der Waals surface area contributed by atoms with Gasteiger partial charge in [-0.25, -0.2) is 0 Å². The Kier molecular flexibility index (Phi) is 10.3. The second-order valence-corrected chi connectivity index (χ2v) is 6.39. The van der Waals surface area contributed by atoms with Crippen molar-refractivity contribution in [1.82, 2.24) is 4.90 Å². The zero-order valence-electron chi connectivity index (χ0n) is 16.3. The largest absolute Gasteiger partial charge is 0.469 e. The average Bonchev–Trinajstić information content (AvgIpc) is 2.67. The van der Waals surface area contributed by atoms with Gasteiger partial charge in [0.2, 0.25) is 5.91 Å². The molecule has 0 aliphatic rings. The van der Waals surface area contributed by atoms with Crippen molar-refractivity contribution < 1.29 is 29.0 Å². The summed E-state index contributed by atoms with van der Waals surface area (Å²) in [6.45, 7) is 4.41. The molecular formula is C20H29NO6. The van der Waals surface area contributed by atoms with Gasteiger partial charge in [-0.3, -0.25) is 14.4 Å². The van der Waals surface area contributed by atoms with Crippen molar-refractivity contribution in [3.8, 4) is 0 Å². The van der Waals surface area contributed by atoms with Gasteiger partial charge in [0.1, 0.15) is 0 Å². The normalized spacial score (nSPS) is 11.7. The summed E-state index contributed by atoms with van der Waals surface area (Å²) >= 11 is 0. The van der Waals surface area contributed by atoms with Gasteiger partial charge in [-0.2, -0.15) is 0 Å². The van der Waals surface area contributed by atoms with Gasteiger partial charge in [0.05, 0.1) is 32.8 Å². The lowest BCUT2D eigenvalue weighted by molar-refractivity contribution is -0.146. The monoisotopic (exact) mass is 379 g/mol. The van der Waals surface area contributed by atoms with E-state index in [1.165, 1.54) is 12.0 Å². The average molecular weight is 379 g/mol. The minimum absolute atomic E-state index is 0.0562. The number of aryl methyl sites for hydroxylation is 1. The number of ether oxygens (including phenoxy) is 2. The number of methoxy groups -OCH3 is 1. The zero-order valence-corrected chi connectivity index (χ0v) is 16.3. The van der Waals surface area contributed by atoms with Crippen molar-refractivity contribution in [1.29, 1.82) is 0 Å². The fourth-order valence-corrected chi connectivity index (χ4v) is 2.53. The Morgan fingerprint density at radius 3 is 2.37 bits per heavy atom. The second kappa shape index (κ2) is 12.2. The summed E-state index contributed by atoms with van der Waals surface area (Å²) in [6, 6.07) is 7.22. The number of benzene rings is 1. The Morgan fingerprint density at radius 2 is 1.78 bits per heavy atom. The summed E-state index contributed by atoms with van der Waals surface area (Å²) in [5.74, 6) is -1.20. The number of esters is 1. The molecule has 0 spiro atoms. The lowest BCUT2D eigenvalue weighted by atomic mass is 10.0. The SMILES string of the molecule is COC(=O)C(C)CN(CCOCCO)C(=O)CCC(=O)c1ccc(C)cc1.